The van der Waals surface area contributed by atoms with Gasteiger partial charge in [0.1, 0.15) is 18.5 Å². The lowest BCUT2D eigenvalue weighted by atomic mass is 9.99. The molecule has 0 fully saturated rings. The summed E-state index contributed by atoms with van der Waals surface area (Å²) in [6.07, 6.45) is -1.65. The maximum Gasteiger partial charge on any atom is 0.305 e. The summed E-state index contributed by atoms with van der Waals surface area (Å²) in [6, 6.07) is 0. The van der Waals surface area contributed by atoms with Gasteiger partial charge < -0.3 is 28.2 Å². The van der Waals surface area contributed by atoms with Gasteiger partial charge in [0.15, 0.2) is 8.32 Å². The number of hydrogen-bond donors (Lipinski definition) is 0. The molecule has 0 heterocycles. The van der Waals surface area contributed by atoms with Crippen LogP contribution in [0.5, 0.6) is 0 Å². The van der Waals surface area contributed by atoms with E-state index >= 15 is 0 Å². The van der Waals surface area contributed by atoms with Gasteiger partial charge in [-0.2, -0.15) is 0 Å². The molecular formula is C17H34O7Si. The molecule has 0 aromatic carbocycles. The monoisotopic (exact) mass is 378 g/mol. The maximum absolute atomic E-state index is 11.7. The van der Waals surface area contributed by atoms with Crippen LogP contribution in [0.15, 0.2) is 0 Å². The van der Waals surface area contributed by atoms with Crippen LogP contribution in [0.3, 0.4) is 0 Å². The molecule has 7 nitrogen and oxygen atoms in total. The Hall–Kier alpha value is -0.803. The first-order chi connectivity index (χ1) is 11.4. The average Bonchev–Trinajstić information content (AvgIpc) is 2.51. The van der Waals surface area contributed by atoms with Crippen LogP contribution >= 0.6 is 0 Å². The second-order valence-electron chi connectivity index (χ2n) is 7.49. The van der Waals surface area contributed by atoms with Crippen LogP contribution < -0.4 is 0 Å². The molecule has 0 aliphatic carbocycles. The zero-order chi connectivity index (χ0) is 19.8. The normalized spacial score (nSPS) is 17.5. The van der Waals surface area contributed by atoms with E-state index in [1.165, 1.54) is 28.3 Å². The molecule has 0 aromatic rings. The molecule has 0 aliphatic rings. The largest absolute Gasteiger partial charge is 0.433 e. The topological polar surface area (TPSA) is 80.3 Å². The number of hydrogen-bond acceptors (Lipinski definition) is 7. The van der Waals surface area contributed by atoms with Crippen molar-refractivity contribution in [3.05, 3.63) is 0 Å². The minimum absolute atomic E-state index is 0.0243. The van der Waals surface area contributed by atoms with Gasteiger partial charge in [-0.25, -0.2) is 0 Å². The van der Waals surface area contributed by atoms with Gasteiger partial charge in [0.05, 0.1) is 5.92 Å². The molecule has 0 aliphatic heterocycles. The minimum atomic E-state index is -2.02. The van der Waals surface area contributed by atoms with E-state index in [4.69, 9.17) is 23.4 Å². The van der Waals surface area contributed by atoms with Gasteiger partial charge in [0.2, 0.25) is 6.29 Å². The first-order valence-electron chi connectivity index (χ1n) is 8.30. The highest BCUT2D eigenvalue weighted by Crippen LogP contribution is 2.37. The zero-order valence-corrected chi connectivity index (χ0v) is 18.0. The number of rotatable bonds is 11. The van der Waals surface area contributed by atoms with Crippen LogP contribution in [0.1, 0.15) is 27.7 Å². The fourth-order valence-corrected chi connectivity index (χ4v) is 3.14. The Morgan fingerprint density at radius 2 is 1.56 bits per heavy atom. The van der Waals surface area contributed by atoms with Crippen LogP contribution in [0.25, 0.3) is 0 Å². The minimum Gasteiger partial charge on any atom is -0.433 e. The van der Waals surface area contributed by atoms with Crippen LogP contribution in [-0.2, 0) is 33.0 Å². The summed E-state index contributed by atoms with van der Waals surface area (Å²) in [7, 11) is 2.30. The molecule has 0 N–H and O–H groups in total. The number of methoxy groups -OCH3 is 3. The third kappa shape index (κ3) is 7.14. The van der Waals surface area contributed by atoms with E-state index < -0.39 is 38.7 Å². The zero-order valence-electron chi connectivity index (χ0n) is 17.0. The predicted octanol–water partition coefficient (Wildman–Crippen LogP) is 2.39. The molecule has 1 unspecified atom stereocenters. The van der Waals surface area contributed by atoms with Crippen LogP contribution in [0, 0.1) is 5.92 Å². The van der Waals surface area contributed by atoms with Gasteiger partial charge in [0.25, 0.3) is 0 Å². The van der Waals surface area contributed by atoms with Gasteiger partial charge in [0, 0.05) is 34.9 Å². The molecule has 0 radical (unpaired) electrons. The molecule has 0 bridgehead atoms. The molecule has 148 valence electrons. The van der Waals surface area contributed by atoms with Crippen molar-refractivity contribution >= 4 is 20.6 Å². The van der Waals surface area contributed by atoms with Crippen molar-refractivity contribution in [2.75, 3.05) is 27.9 Å². The molecule has 4 atom stereocenters. The fraction of sp³-hybridized carbons (Fsp3) is 0.882. The lowest BCUT2D eigenvalue weighted by molar-refractivity contribution is -0.220. The second-order valence-corrected chi connectivity index (χ2v) is 12.3. The van der Waals surface area contributed by atoms with Crippen LogP contribution in [0.4, 0.5) is 0 Å². The van der Waals surface area contributed by atoms with Gasteiger partial charge in [-0.1, -0.05) is 20.8 Å². The summed E-state index contributed by atoms with van der Waals surface area (Å²) in [5.41, 5.74) is 0. The number of carbonyl (C=O) groups excluding carboxylic acids is 2. The molecule has 0 spiro atoms. The fourth-order valence-electron chi connectivity index (χ4n) is 2.10. The summed E-state index contributed by atoms with van der Waals surface area (Å²) in [5.74, 6) is -1.10. The van der Waals surface area contributed by atoms with Crippen molar-refractivity contribution in [2.24, 2.45) is 5.92 Å². The van der Waals surface area contributed by atoms with E-state index in [0.29, 0.717) is 0 Å². The van der Waals surface area contributed by atoms with Crippen molar-refractivity contribution in [2.45, 2.75) is 64.3 Å². The number of esters is 1. The summed E-state index contributed by atoms with van der Waals surface area (Å²) in [4.78, 5) is 22.9. The Labute approximate surface area is 152 Å². The van der Waals surface area contributed by atoms with E-state index in [1.807, 2.05) is 0 Å². The molecule has 8 heteroatoms. The van der Waals surface area contributed by atoms with Gasteiger partial charge >= 0.3 is 5.97 Å². The summed E-state index contributed by atoms with van der Waals surface area (Å²) >= 11 is 0. The summed E-state index contributed by atoms with van der Waals surface area (Å²) in [5, 5.41) is 0.0243. The molecule has 0 rings (SSSR count). The molecule has 25 heavy (non-hydrogen) atoms. The van der Waals surface area contributed by atoms with Crippen molar-refractivity contribution in [3.8, 4) is 0 Å². The Morgan fingerprint density at radius 3 is 1.88 bits per heavy atom. The maximum atomic E-state index is 11.7. The first kappa shape index (κ1) is 24.2. The molecule has 0 aromatic heterocycles. The Bertz CT molecular complexity index is 420. The van der Waals surface area contributed by atoms with Crippen LogP contribution in [-0.4, -0.2) is 67.0 Å². The molecule has 0 amide bonds. The third-order valence-corrected chi connectivity index (χ3v) is 9.19. The Morgan fingerprint density at radius 1 is 1.04 bits per heavy atom. The van der Waals surface area contributed by atoms with Gasteiger partial charge in [-0.15, -0.1) is 0 Å². The SMILES string of the molecule is COC(OC(C)=O)[C@@H](OC)[C@H](OC)[C@H](C=O)CO[Si](C)(C)C(C)(C)C. The number of ether oxygens (including phenoxy) is 4. The van der Waals surface area contributed by atoms with E-state index in [0.717, 1.165) is 6.29 Å². The molecule has 0 saturated heterocycles. The highest BCUT2D eigenvalue weighted by Gasteiger charge is 2.41. The third-order valence-electron chi connectivity index (χ3n) is 4.69. The van der Waals surface area contributed by atoms with Crippen molar-refractivity contribution < 1.29 is 33.0 Å². The van der Waals surface area contributed by atoms with E-state index in [2.05, 4.69) is 33.9 Å². The Kier molecular flexibility index (Phi) is 10.0. The smallest absolute Gasteiger partial charge is 0.305 e. The number of aldehydes is 1. The lowest BCUT2D eigenvalue weighted by Gasteiger charge is -2.38. The van der Waals surface area contributed by atoms with Crippen LogP contribution in [0.2, 0.25) is 18.1 Å². The van der Waals surface area contributed by atoms with Crippen molar-refractivity contribution in [1.82, 2.24) is 0 Å². The van der Waals surface area contributed by atoms with E-state index in [9.17, 15) is 9.59 Å². The van der Waals surface area contributed by atoms with E-state index in [1.54, 1.807) is 0 Å². The van der Waals surface area contributed by atoms with Gasteiger partial charge in [-0.3, -0.25) is 4.79 Å². The summed E-state index contributed by atoms with van der Waals surface area (Å²) < 4.78 is 27.3. The van der Waals surface area contributed by atoms with Gasteiger partial charge in [-0.05, 0) is 18.1 Å². The van der Waals surface area contributed by atoms with Crippen molar-refractivity contribution in [1.29, 1.82) is 0 Å². The number of carbonyl (C=O) groups is 2. The lowest BCUT2D eigenvalue weighted by Crippen LogP contribution is -2.50. The molecule has 0 saturated carbocycles. The summed E-state index contributed by atoms with van der Waals surface area (Å²) in [6.45, 7) is 12.1. The standard InChI is InChI=1S/C17H34O7Si/c1-12(19)24-16(22-7)15(21-6)14(20-5)13(10-18)11-23-25(8,9)17(2,3)4/h10,13-16H,11H2,1-9H3/t13-,14-,15+,16?/m1/s1. The Balaban J connectivity index is 5.28. The predicted molar refractivity (Wildman–Crippen MR) is 96.9 cm³/mol. The first-order valence-corrected chi connectivity index (χ1v) is 11.2. The molecular weight excluding hydrogens is 344 g/mol. The average molecular weight is 379 g/mol. The van der Waals surface area contributed by atoms with Crippen molar-refractivity contribution in [3.63, 3.8) is 0 Å². The van der Waals surface area contributed by atoms with E-state index in [-0.39, 0.29) is 11.6 Å². The second kappa shape index (κ2) is 10.4. The highest BCUT2D eigenvalue weighted by atomic mass is 28.4. The quantitative estimate of drug-likeness (QED) is 0.236. The highest BCUT2D eigenvalue weighted by molar-refractivity contribution is 6.74.